The summed E-state index contributed by atoms with van der Waals surface area (Å²) in [5.41, 5.74) is 2.56. The number of ether oxygens (including phenoxy) is 2. The monoisotopic (exact) mass is 249 g/mol. The topological polar surface area (TPSA) is 55.8 Å². The van der Waals surface area contributed by atoms with Gasteiger partial charge in [0.25, 0.3) is 6.47 Å². The minimum Gasteiger partial charge on any atom is -0.436 e. The van der Waals surface area contributed by atoms with E-state index in [0.717, 1.165) is 17.5 Å². The van der Waals surface area contributed by atoms with Crippen molar-refractivity contribution in [1.29, 1.82) is 0 Å². The molecule has 2 rings (SSSR count). The van der Waals surface area contributed by atoms with Crippen molar-refractivity contribution in [1.82, 2.24) is 0 Å². The summed E-state index contributed by atoms with van der Waals surface area (Å²) in [5.74, 6) is 0. The Hall–Kier alpha value is -1.88. The maximum atomic E-state index is 11.0. The van der Waals surface area contributed by atoms with Crippen molar-refractivity contribution in [2.24, 2.45) is 0 Å². The standard InChI is InChI=1S/C13H15NO4/c1-10-2-3-11(8-15)12(6-10)14-4-5-17-13(7-14)18-9-16/h2-3,6,8-9,13H,4-5,7H2,1H3. The van der Waals surface area contributed by atoms with E-state index >= 15 is 0 Å². The molecular weight excluding hydrogens is 234 g/mol. The Morgan fingerprint density at radius 1 is 1.44 bits per heavy atom. The highest BCUT2D eigenvalue weighted by Gasteiger charge is 2.23. The molecule has 5 nitrogen and oxygen atoms in total. The van der Waals surface area contributed by atoms with Gasteiger partial charge in [-0.1, -0.05) is 6.07 Å². The summed E-state index contributed by atoms with van der Waals surface area (Å²) < 4.78 is 10.1. The van der Waals surface area contributed by atoms with Crippen molar-refractivity contribution < 1.29 is 19.1 Å². The van der Waals surface area contributed by atoms with E-state index < -0.39 is 6.29 Å². The second-order valence-electron chi connectivity index (χ2n) is 4.16. The lowest BCUT2D eigenvalue weighted by Gasteiger charge is -2.34. The number of rotatable bonds is 4. The van der Waals surface area contributed by atoms with Crippen molar-refractivity contribution in [2.75, 3.05) is 24.6 Å². The first-order valence-electron chi connectivity index (χ1n) is 5.76. The predicted octanol–water partition coefficient (Wildman–Crippen LogP) is 1.14. The molecule has 18 heavy (non-hydrogen) atoms. The Morgan fingerprint density at radius 2 is 2.28 bits per heavy atom. The molecule has 1 fully saturated rings. The van der Waals surface area contributed by atoms with Crippen LogP contribution in [0.1, 0.15) is 15.9 Å². The van der Waals surface area contributed by atoms with Crippen molar-refractivity contribution in [3.05, 3.63) is 29.3 Å². The number of carbonyl (C=O) groups is 2. The number of nitrogens with zero attached hydrogens (tertiary/aromatic N) is 1. The number of aryl methyl sites for hydroxylation is 1. The minimum absolute atomic E-state index is 0.380. The highest BCUT2D eigenvalue weighted by Crippen LogP contribution is 2.23. The molecule has 1 aromatic carbocycles. The number of hydrogen-bond donors (Lipinski definition) is 0. The fourth-order valence-corrected chi connectivity index (χ4v) is 2.01. The van der Waals surface area contributed by atoms with Crippen LogP contribution in [0.25, 0.3) is 0 Å². The van der Waals surface area contributed by atoms with Crippen LogP contribution in [0.15, 0.2) is 18.2 Å². The molecule has 0 radical (unpaired) electrons. The van der Waals surface area contributed by atoms with Crippen LogP contribution in [0.2, 0.25) is 0 Å². The molecule has 1 aliphatic rings. The first-order valence-corrected chi connectivity index (χ1v) is 5.76. The molecule has 0 bridgehead atoms. The van der Waals surface area contributed by atoms with Crippen LogP contribution in [0.4, 0.5) is 5.69 Å². The van der Waals surface area contributed by atoms with Gasteiger partial charge in [0.1, 0.15) is 0 Å². The van der Waals surface area contributed by atoms with E-state index in [4.69, 9.17) is 9.47 Å². The fraction of sp³-hybridized carbons (Fsp3) is 0.385. The number of hydrogen-bond acceptors (Lipinski definition) is 5. The first kappa shape index (κ1) is 12.6. The van der Waals surface area contributed by atoms with Crippen molar-refractivity contribution in [2.45, 2.75) is 13.2 Å². The first-order chi connectivity index (χ1) is 8.74. The zero-order chi connectivity index (χ0) is 13.0. The number of aldehydes is 1. The number of benzene rings is 1. The Morgan fingerprint density at radius 3 is 3.00 bits per heavy atom. The van der Waals surface area contributed by atoms with Gasteiger partial charge in [-0.3, -0.25) is 9.59 Å². The van der Waals surface area contributed by atoms with Crippen LogP contribution in [-0.4, -0.2) is 38.7 Å². The van der Waals surface area contributed by atoms with Gasteiger partial charge in [0, 0.05) is 17.8 Å². The molecule has 1 aromatic rings. The molecule has 1 unspecified atom stereocenters. The summed E-state index contributed by atoms with van der Waals surface area (Å²) in [4.78, 5) is 23.4. The smallest absolute Gasteiger partial charge is 0.295 e. The third kappa shape index (κ3) is 2.68. The SMILES string of the molecule is Cc1ccc(C=O)c(N2CCOC(OC=O)C2)c1. The van der Waals surface area contributed by atoms with Crippen LogP contribution in [-0.2, 0) is 14.3 Å². The summed E-state index contributed by atoms with van der Waals surface area (Å²) in [5, 5.41) is 0. The molecule has 0 aliphatic carbocycles. The van der Waals surface area contributed by atoms with Crippen LogP contribution >= 0.6 is 0 Å². The molecule has 96 valence electrons. The van der Waals surface area contributed by atoms with E-state index in [9.17, 15) is 9.59 Å². The summed E-state index contributed by atoms with van der Waals surface area (Å²) >= 11 is 0. The third-order valence-corrected chi connectivity index (χ3v) is 2.90. The number of carbonyl (C=O) groups excluding carboxylic acids is 2. The van der Waals surface area contributed by atoms with Gasteiger partial charge < -0.3 is 14.4 Å². The zero-order valence-electron chi connectivity index (χ0n) is 10.2. The number of morpholine rings is 1. The Balaban J connectivity index is 2.21. The van der Waals surface area contributed by atoms with E-state index in [-0.39, 0.29) is 0 Å². The fourth-order valence-electron chi connectivity index (χ4n) is 2.01. The Bertz CT molecular complexity index is 447. The van der Waals surface area contributed by atoms with Gasteiger partial charge in [-0.05, 0) is 24.6 Å². The Labute approximate surface area is 105 Å². The van der Waals surface area contributed by atoms with E-state index in [1.54, 1.807) is 6.07 Å². The molecule has 1 saturated heterocycles. The van der Waals surface area contributed by atoms with Crippen molar-refractivity contribution in [3.8, 4) is 0 Å². The van der Waals surface area contributed by atoms with E-state index in [2.05, 4.69) is 0 Å². The molecule has 0 aromatic heterocycles. The zero-order valence-corrected chi connectivity index (χ0v) is 10.2. The van der Waals surface area contributed by atoms with Gasteiger partial charge in [0.05, 0.1) is 13.2 Å². The van der Waals surface area contributed by atoms with E-state index in [1.807, 2.05) is 24.0 Å². The second kappa shape index (κ2) is 5.64. The van der Waals surface area contributed by atoms with Crippen LogP contribution in [0.5, 0.6) is 0 Å². The third-order valence-electron chi connectivity index (χ3n) is 2.90. The summed E-state index contributed by atoms with van der Waals surface area (Å²) in [7, 11) is 0. The van der Waals surface area contributed by atoms with Crippen LogP contribution in [0, 0.1) is 6.92 Å². The van der Waals surface area contributed by atoms with Crippen molar-refractivity contribution in [3.63, 3.8) is 0 Å². The van der Waals surface area contributed by atoms with E-state index in [0.29, 0.717) is 31.7 Å². The Kier molecular flexibility index (Phi) is 3.94. The number of anilines is 1. The summed E-state index contributed by atoms with van der Waals surface area (Å²) in [6.07, 6.45) is 0.260. The van der Waals surface area contributed by atoms with Gasteiger partial charge in [-0.25, -0.2) is 0 Å². The normalized spacial score (nSPS) is 19.4. The summed E-state index contributed by atoms with van der Waals surface area (Å²) in [6, 6.07) is 5.64. The lowest BCUT2D eigenvalue weighted by atomic mass is 10.1. The average Bonchev–Trinajstić information content (AvgIpc) is 2.39. The molecule has 0 amide bonds. The molecule has 1 heterocycles. The van der Waals surface area contributed by atoms with Gasteiger partial charge in [0.2, 0.25) is 6.29 Å². The maximum absolute atomic E-state index is 11.0. The highest BCUT2D eigenvalue weighted by atomic mass is 16.7. The molecule has 1 atom stereocenters. The molecule has 0 N–H and O–H groups in total. The van der Waals surface area contributed by atoms with Gasteiger partial charge in [0.15, 0.2) is 6.29 Å². The molecule has 0 saturated carbocycles. The van der Waals surface area contributed by atoms with E-state index in [1.165, 1.54) is 0 Å². The molecular formula is C13H15NO4. The van der Waals surface area contributed by atoms with Crippen molar-refractivity contribution >= 4 is 18.4 Å². The lowest BCUT2D eigenvalue weighted by molar-refractivity contribution is -0.165. The largest absolute Gasteiger partial charge is 0.436 e. The lowest BCUT2D eigenvalue weighted by Crippen LogP contribution is -2.44. The molecule has 5 heteroatoms. The molecule has 0 spiro atoms. The molecule has 1 aliphatic heterocycles. The average molecular weight is 249 g/mol. The second-order valence-corrected chi connectivity index (χ2v) is 4.16. The van der Waals surface area contributed by atoms with Gasteiger partial charge >= 0.3 is 0 Å². The van der Waals surface area contributed by atoms with Gasteiger partial charge in [-0.2, -0.15) is 0 Å². The van der Waals surface area contributed by atoms with Gasteiger partial charge in [-0.15, -0.1) is 0 Å². The maximum Gasteiger partial charge on any atom is 0.295 e. The van der Waals surface area contributed by atoms with Crippen LogP contribution in [0.3, 0.4) is 0 Å². The quantitative estimate of drug-likeness (QED) is 0.749. The van der Waals surface area contributed by atoms with Crippen LogP contribution < -0.4 is 4.90 Å². The minimum atomic E-state index is -0.573. The predicted molar refractivity (Wildman–Crippen MR) is 65.7 cm³/mol. The highest BCUT2D eigenvalue weighted by molar-refractivity contribution is 5.85. The summed E-state index contributed by atoms with van der Waals surface area (Å²) in [6.45, 7) is 3.92.